The van der Waals surface area contributed by atoms with E-state index >= 15 is 0 Å². The lowest BCUT2D eigenvalue weighted by Crippen LogP contribution is -2.36. The van der Waals surface area contributed by atoms with E-state index in [4.69, 9.17) is 14.0 Å². The zero-order valence-corrected chi connectivity index (χ0v) is 12.6. The Bertz CT molecular complexity index is 402. The normalized spacial score (nSPS) is 19.9. The molecule has 2 heterocycles. The van der Waals surface area contributed by atoms with Crippen molar-refractivity contribution in [2.75, 3.05) is 26.9 Å². The highest BCUT2D eigenvalue weighted by molar-refractivity contribution is 5.03. The minimum absolute atomic E-state index is 0.437. The lowest BCUT2D eigenvalue weighted by Gasteiger charge is -2.32. The molecule has 2 rings (SSSR count). The number of aromatic nitrogens is 2. The average molecular weight is 283 g/mol. The van der Waals surface area contributed by atoms with Gasteiger partial charge in [0.05, 0.1) is 0 Å². The standard InChI is InChI=1S/C14H25N3O3/c1-4-15-11(2)5-6-12-16-13(17-20-12)14(18-3)7-9-19-10-8-14/h11,15H,4-10H2,1-3H3. The Kier molecular flexibility index (Phi) is 5.51. The first-order valence-electron chi connectivity index (χ1n) is 7.39. The van der Waals surface area contributed by atoms with Crippen LogP contribution < -0.4 is 5.32 Å². The van der Waals surface area contributed by atoms with Crippen molar-refractivity contribution in [3.8, 4) is 0 Å². The third kappa shape index (κ3) is 3.56. The van der Waals surface area contributed by atoms with Gasteiger partial charge in [-0.3, -0.25) is 0 Å². The topological polar surface area (TPSA) is 69.4 Å². The number of ether oxygens (including phenoxy) is 2. The zero-order chi connectivity index (χ0) is 14.4. The molecule has 1 aliphatic heterocycles. The monoisotopic (exact) mass is 283 g/mol. The van der Waals surface area contributed by atoms with Gasteiger partial charge in [-0.1, -0.05) is 12.1 Å². The number of nitrogens with one attached hydrogen (secondary N) is 1. The van der Waals surface area contributed by atoms with Crippen molar-refractivity contribution in [2.24, 2.45) is 0 Å². The fourth-order valence-corrected chi connectivity index (χ4v) is 2.55. The van der Waals surface area contributed by atoms with Crippen LogP contribution in [0.25, 0.3) is 0 Å². The smallest absolute Gasteiger partial charge is 0.226 e. The second-order valence-electron chi connectivity index (χ2n) is 5.32. The van der Waals surface area contributed by atoms with E-state index in [1.807, 2.05) is 0 Å². The third-order valence-corrected chi connectivity index (χ3v) is 3.91. The summed E-state index contributed by atoms with van der Waals surface area (Å²) in [4.78, 5) is 4.52. The molecule has 0 saturated carbocycles. The highest BCUT2D eigenvalue weighted by Gasteiger charge is 2.39. The number of nitrogens with zero attached hydrogens (tertiary/aromatic N) is 2. The number of aryl methyl sites for hydroxylation is 1. The highest BCUT2D eigenvalue weighted by atomic mass is 16.5. The molecular formula is C14H25N3O3. The van der Waals surface area contributed by atoms with Gasteiger partial charge in [-0.05, 0) is 19.9 Å². The molecule has 1 atom stereocenters. The Morgan fingerprint density at radius 1 is 1.40 bits per heavy atom. The summed E-state index contributed by atoms with van der Waals surface area (Å²) in [5.41, 5.74) is -0.437. The van der Waals surface area contributed by atoms with Gasteiger partial charge in [0.25, 0.3) is 0 Å². The molecule has 6 nitrogen and oxygen atoms in total. The van der Waals surface area contributed by atoms with Crippen LogP contribution in [-0.4, -0.2) is 43.1 Å². The summed E-state index contributed by atoms with van der Waals surface area (Å²) >= 11 is 0. The Morgan fingerprint density at radius 3 is 2.80 bits per heavy atom. The van der Waals surface area contributed by atoms with E-state index in [1.165, 1.54) is 0 Å². The van der Waals surface area contributed by atoms with Gasteiger partial charge in [0.2, 0.25) is 11.7 Å². The van der Waals surface area contributed by atoms with Crippen molar-refractivity contribution in [3.63, 3.8) is 0 Å². The van der Waals surface area contributed by atoms with E-state index in [-0.39, 0.29) is 0 Å². The molecule has 1 N–H and O–H groups in total. The molecule has 0 spiro atoms. The van der Waals surface area contributed by atoms with Crippen molar-refractivity contribution in [2.45, 2.75) is 51.2 Å². The number of hydrogen-bond donors (Lipinski definition) is 1. The Labute approximate surface area is 120 Å². The number of methoxy groups -OCH3 is 1. The zero-order valence-electron chi connectivity index (χ0n) is 12.6. The maximum absolute atomic E-state index is 5.66. The summed E-state index contributed by atoms with van der Waals surface area (Å²) in [5, 5.41) is 7.49. The minimum Gasteiger partial charge on any atom is -0.381 e. The van der Waals surface area contributed by atoms with Crippen LogP contribution in [0.15, 0.2) is 4.52 Å². The van der Waals surface area contributed by atoms with E-state index < -0.39 is 5.60 Å². The van der Waals surface area contributed by atoms with E-state index in [2.05, 4.69) is 29.3 Å². The van der Waals surface area contributed by atoms with E-state index in [9.17, 15) is 0 Å². The third-order valence-electron chi connectivity index (χ3n) is 3.91. The molecule has 6 heteroatoms. The first-order valence-corrected chi connectivity index (χ1v) is 7.39. The van der Waals surface area contributed by atoms with Crippen LogP contribution in [-0.2, 0) is 21.5 Å². The minimum atomic E-state index is -0.437. The molecule has 1 unspecified atom stereocenters. The number of rotatable bonds is 7. The maximum atomic E-state index is 5.66. The molecule has 1 saturated heterocycles. The van der Waals surface area contributed by atoms with Gasteiger partial charge in [-0.15, -0.1) is 0 Å². The molecule has 114 valence electrons. The highest BCUT2D eigenvalue weighted by Crippen LogP contribution is 2.33. The molecule has 1 aromatic rings. The van der Waals surface area contributed by atoms with Crippen LogP contribution in [0.5, 0.6) is 0 Å². The summed E-state index contributed by atoms with van der Waals surface area (Å²) < 4.78 is 16.4. The summed E-state index contributed by atoms with van der Waals surface area (Å²) in [6.07, 6.45) is 3.32. The molecule has 0 bridgehead atoms. The van der Waals surface area contributed by atoms with Crippen molar-refractivity contribution < 1.29 is 14.0 Å². The predicted molar refractivity (Wildman–Crippen MR) is 74.5 cm³/mol. The molecular weight excluding hydrogens is 258 g/mol. The molecule has 1 aromatic heterocycles. The molecule has 0 amide bonds. The lowest BCUT2D eigenvalue weighted by atomic mass is 9.93. The lowest BCUT2D eigenvalue weighted by molar-refractivity contribution is -0.101. The summed E-state index contributed by atoms with van der Waals surface area (Å²) in [6, 6.07) is 0.454. The van der Waals surface area contributed by atoms with Crippen molar-refractivity contribution >= 4 is 0 Å². The second-order valence-corrected chi connectivity index (χ2v) is 5.32. The first kappa shape index (κ1) is 15.4. The summed E-state index contributed by atoms with van der Waals surface area (Å²) in [5.74, 6) is 1.35. The fraction of sp³-hybridized carbons (Fsp3) is 0.857. The van der Waals surface area contributed by atoms with Crippen LogP contribution >= 0.6 is 0 Å². The Hall–Kier alpha value is -0.980. The Morgan fingerprint density at radius 2 is 2.15 bits per heavy atom. The SMILES string of the molecule is CCNC(C)CCc1nc(C2(OC)CCOCC2)no1. The average Bonchev–Trinajstić information content (AvgIpc) is 2.96. The molecule has 1 aliphatic rings. The van der Waals surface area contributed by atoms with Crippen LogP contribution in [0.2, 0.25) is 0 Å². The van der Waals surface area contributed by atoms with E-state index in [0.717, 1.165) is 32.2 Å². The van der Waals surface area contributed by atoms with Crippen molar-refractivity contribution in [1.29, 1.82) is 0 Å². The summed E-state index contributed by atoms with van der Waals surface area (Å²) in [7, 11) is 1.70. The van der Waals surface area contributed by atoms with Gasteiger partial charge in [0, 0.05) is 45.6 Å². The molecule has 20 heavy (non-hydrogen) atoms. The molecule has 0 radical (unpaired) electrons. The predicted octanol–water partition coefficient (Wildman–Crippen LogP) is 1.65. The van der Waals surface area contributed by atoms with Crippen molar-refractivity contribution in [1.82, 2.24) is 15.5 Å². The van der Waals surface area contributed by atoms with E-state index in [0.29, 0.717) is 31.0 Å². The van der Waals surface area contributed by atoms with Crippen molar-refractivity contribution in [3.05, 3.63) is 11.7 Å². The largest absolute Gasteiger partial charge is 0.381 e. The first-order chi connectivity index (χ1) is 9.70. The van der Waals surface area contributed by atoms with E-state index in [1.54, 1.807) is 7.11 Å². The fourth-order valence-electron chi connectivity index (χ4n) is 2.55. The van der Waals surface area contributed by atoms with Gasteiger partial charge in [-0.25, -0.2) is 0 Å². The van der Waals surface area contributed by atoms with Crippen LogP contribution in [0.4, 0.5) is 0 Å². The van der Waals surface area contributed by atoms with Crippen LogP contribution in [0.3, 0.4) is 0 Å². The molecule has 1 fully saturated rings. The quantitative estimate of drug-likeness (QED) is 0.820. The summed E-state index contributed by atoms with van der Waals surface area (Å²) in [6.45, 7) is 6.60. The number of hydrogen-bond acceptors (Lipinski definition) is 6. The van der Waals surface area contributed by atoms with Gasteiger partial charge >= 0.3 is 0 Å². The molecule has 0 aliphatic carbocycles. The Balaban J connectivity index is 1.97. The van der Waals surface area contributed by atoms with Gasteiger partial charge in [-0.2, -0.15) is 4.98 Å². The van der Waals surface area contributed by atoms with Gasteiger partial charge < -0.3 is 19.3 Å². The maximum Gasteiger partial charge on any atom is 0.226 e. The van der Waals surface area contributed by atoms with Crippen LogP contribution in [0, 0.1) is 0 Å². The van der Waals surface area contributed by atoms with Crippen LogP contribution in [0.1, 0.15) is 44.8 Å². The molecule has 0 aromatic carbocycles. The van der Waals surface area contributed by atoms with Gasteiger partial charge in [0.1, 0.15) is 5.60 Å². The van der Waals surface area contributed by atoms with Gasteiger partial charge in [0.15, 0.2) is 0 Å². The second kappa shape index (κ2) is 7.15.